The van der Waals surface area contributed by atoms with Gasteiger partial charge in [-0.2, -0.15) is 0 Å². The Hall–Kier alpha value is -11.9. The van der Waals surface area contributed by atoms with Crippen molar-refractivity contribution in [3.63, 3.8) is 0 Å². The molecule has 0 radical (unpaired) electrons. The Bertz CT molecular complexity index is 5590. The van der Waals surface area contributed by atoms with E-state index in [-0.39, 0.29) is 0 Å². The molecule has 1 heterocycles. The molecule has 0 N–H and O–H groups in total. The van der Waals surface area contributed by atoms with E-state index in [4.69, 9.17) is 0 Å². The third kappa shape index (κ3) is 10.5. The van der Waals surface area contributed by atoms with Crippen LogP contribution in [-0.2, 0) is 0 Å². The molecule has 0 atom stereocenters. The van der Waals surface area contributed by atoms with Gasteiger partial charge in [0.2, 0.25) is 0 Å². The smallest absolute Gasteiger partial charge is 0.0467 e. The van der Waals surface area contributed by atoms with E-state index in [9.17, 15) is 0 Å². The first-order valence-electron chi connectivity index (χ1n) is 31.9. The molecule has 0 aliphatic heterocycles. The highest BCUT2D eigenvalue weighted by molar-refractivity contribution is 7.26. The molecular weight excluding hydrogens is 1140 g/mol. The van der Waals surface area contributed by atoms with E-state index >= 15 is 0 Å². The van der Waals surface area contributed by atoms with Gasteiger partial charge in [-0.05, 0) is 195 Å². The number of rotatable bonds is 13. The predicted octanol–water partition coefficient (Wildman–Crippen LogP) is 26.1. The lowest BCUT2D eigenvalue weighted by Crippen LogP contribution is -2.10. The van der Waals surface area contributed by atoms with Crippen LogP contribution < -0.4 is 9.80 Å². The van der Waals surface area contributed by atoms with Crippen molar-refractivity contribution < 1.29 is 0 Å². The molecule has 0 aliphatic carbocycles. The van der Waals surface area contributed by atoms with Crippen LogP contribution >= 0.6 is 11.3 Å². The Kier molecular flexibility index (Phi) is 14.1. The minimum absolute atomic E-state index is 1.06. The first-order chi connectivity index (χ1) is 46.1. The van der Waals surface area contributed by atoms with Gasteiger partial charge >= 0.3 is 0 Å². The first-order valence-corrected chi connectivity index (χ1v) is 32.7. The summed E-state index contributed by atoms with van der Waals surface area (Å²) < 4.78 is 2.61. The minimum atomic E-state index is 1.06. The van der Waals surface area contributed by atoms with Crippen molar-refractivity contribution in [2.24, 2.45) is 0 Å². The second-order valence-corrected chi connectivity index (χ2v) is 25.0. The first kappa shape index (κ1) is 55.2. The second kappa shape index (κ2) is 23.8. The number of fused-ring (bicyclic) bond motifs is 6. The number of thiophene rings is 1. The van der Waals surface area contributed by atoms with Gasteiger partial charge in [0.1, 0.15) is 0 Å². The molecule has 3 heteroatoms. The Morgan fingerprint density at radius 3 is 1.11 bits per heavy atom. The van der Waals surface area contributed by atoms with Crippen LogP contribution in [0.3, 0.4) is 0 Å². The number of hydrogen-bond acceptors (Lipinski definition) is 3. The van der Waals surface area contributed by atoms with Crippen LogP contribution in [0.2, 0.25) is 0 Å². The molecule has 93 heavy (non-hydrogen) atoms. The average Bonchev–Trinajstić information content (AvgIpc) is 1.81. The molecule has 1 aromatic heterocycles. The summed E-state index contributed by atoms with van der Waals surface area (Å²) in [4.78, 5) is 4.79. The number of nitrogens with zero attached hydrogens (tertiary/aromatic N) is 2. The molecule has 436 valence electrons. The number of benzene rings is 16. The largest absolute Gasteiger partial charge is 0.310 e. The van der Waals surface area contributed by atoms with E-state index < -0.39 is 0 Å². The van der Waals surface area contributed by atoms with Crippen molar-refractivity contribution in [2.45, 2.75) is 0 Å². The summed E-state index contributed by atoms with van der Waals surface area (Å²) in [6.45, 7) is 0. The van der Waals surface area contributed by atoms with Crippen LogP contribution in [0.25, 0.3) is 130 Å². The SMILES string of the molecule is c1ccc(-c2ccc(-c3ccc(N(c4ccc(-c5cccc6ccccc56)cc4)c4cccc(-c5cccc(N(c6ccc(-c7ccc8ccccc8c7)cc6)c6ccc(-c7ccc8c(c7)sc7c(-c9ccccc9)cccc78)cc6)c5)c4)cc3)c3ccccc23)cc1. The molecule has 2 nitrogen and oxygen atoms in total. The molecular formula is C90H60N2S. The van der Waals surface area contributed by atoms with Gasteiger partial charge in [0.15, 0.2) is 0 Å². The van der Waals surface area contributed by atoms with Crippen LogP contribution in [0.1, 0.15) is 0 Å². The molecule has 0 aliphatic rings. The van der Waals surface area contributed by atoms with Gasteiger partial charge in [0.05, 0.1) is 0 Å². The molecule has 0 fully saturated rings. The van der Waals surface area contributed by atoms with Crippen LogP contribution in [0.15, 0.2) is 364 Å². The molecule has 0 unspecified atom stereocenters. The van der Waals surface area contributed by atoms with E-state index in [1.54, 1.807) is 0 Å². The second-order valence-electron chi connectivity index (χ2n) is 24.0. The maximum Gasteiger partial charge on any atom is 0.0467 e. The van der Waals surface area contributed by atoms with E-state index in [1.807, 2.05) is 11.3 Å². The monoisotopic (exact) mass is 1200 g/mol. The Morgan fingerprint density at radius 2 is 0.538 bits per heavy atom. The molecule has 0 bridgehead atoms. The van der Waals surface area contributed by atoms with Gasteiger partial charge in [-0.3, -0.25) is 0 Å². The van der Waals surface area contributed by atoms with Crippen LogP contribution in [-0.4, -0.2) is 0 Å². The zero-order valence-corrected chi connectivity index (χ0v) is 51.8. The van der Waals surface area contributed by atoms with Crippen molar-refractivity contribution in [3.05, 3.63) is 364 Å². The lowest BCUT2D eigenvalue weighted by molar-refractivity contribution is 1.28. The zero-order valence-electron chi connectivity index (χ0n) is 50.9. The van der Waals surface area contributed by atoms with Gasteiger partial charge < -0.3 is 9.80 Å². The number of anilines is 6. The molecule has 17 aromatic rings. The lowest BCUT2D eigenvalue weighted by atomic mass is 9.92. The molecule has 0 saturated heterocycles. The number of hydrogen-bond donors (Lipinski definition) is 0. The fourth-order valence-electron chi connectivity index (χ4n) is 13.8. The summed E-state index contributed by atoms with van der Waals surface area (Å²) in [5.74, 6) is 0. The Morgan fingerprint density at radius 1 is 0.172 bits per heavy atom. The molecule has 17 rings (SSSR count). The van der Waals surface area contributed by atoms with Crippen LogP contribution in [0.5, 0.6) is 0 Å². The van der Waals surface area contributed by atoms with Gasteiger partial charge in [-0.1, -0.05) is 279 Å². The summed E-state index contributed by atoms with van der Waals surface area (Å²) in [6, 6.07) is 133. The van der Waals surface area contributed by atoms with E-state index in [1.165, 1.54) is 119 Å². The van der Waals surface area contributed by atoms with Crippen LogP contribution in [0.4, 0.5) is 34.1 Å². The summed E-state index contributed by atoms with van der Waals surface area (Å²) in [5, 5.41) is 10.0. The summed E-state index contributed by atoms with van der Waals surface area (Å²) in [6.07, 6.45) is 0. The third-order valence-corrected chi connectivity index (χ3v) is 19.7. The maximum absolute atomic E-state index is 2.39. The Balaban J connectivity index is 0.742. The normalized spacial score (nSPS) is 11.4. The minimum Gasteiger partial charge on any atom is -0.310 e. The van der Waals surface area contributed by atoms with Gasteiger partial charge in [-0.25, -0.2) is 0 Å². The van der Waals surface area contributed by atoms with E-state index in [0.717, 1.165) is 45.3 Å². The quantitative estimate of drug-likeness (QED) is 0.114. The van der Waals surface area contributed by atoms with Crippen molar-refractivity contribution in [1.29, 1.82) is 0 Å². The predicted molar refractivity (Wildman–Crippen MR) is 399 cm³/mol. The summed E-state index contributed by atoms with van der Waals surface area (Å²) in [7, 11) is 0. The molecule has 0 amide bonds. The highest BCUT2D eigenvalue weighted by Crippen LogP contribution is 2.45. The standard InChI is InChI=1S/C90H60N2S/c1-3-18-64(19-4-1)82-55-56-83(86-31-12-11-30-85(82)86)68-43-52-77(53-44-68)92(76-50-41-67(42-51-76)81-32-15-24-65-22-9-10-29-80(65)81)79-28-14-26-71(59-79)70-25-13-27-78(58-70)91(74-46-37-62(38-47-74)72-36-35-61-17-7-8-23-69(61)57-72)75-48-39-63(40-49-75)73-45-54-87-88-34-16-33-84(66-20-5-2-6-21-66)90(88)93-89(87)60-73/h1-60H. The fraction of sp³-hybridized carbons (Fsp3) is 0. The average molecular weight is 1200 g/mol. The highest BCUT2D eigenvalue weighted by Gasteiger charge is 2.20. The summed E-state index contributed by atoms with van der Waals surface area (Å²) >= 11 is 1.88. The summed E-state index contributed by atoms with van der Waals surface area (Å²) in [5.41, 5.74) is 23.1. The molecule has 0 saturated carbocycles. The third-order valence-electron chi connectivity index (χ3n) is 18.5. The van der Waals surface area contributed by atoms with Gasteiger partial charge in [0, 0.05) is 54.3 Å². The maximum atomic E-state index is 2.39. The van der Waals surface area contributed by atoms with Crippen molar-refractivity contribution in [1.82, 2.24) is 0 Å². The van der Waals surface area contributed by atoms with Crippen molar-refractivity contribution in [3.8, 4) is 77.9 Å². The Labute approximate surface area is 546 Å². The van der Waals surface area contributed by atoms with Gasteiger partial charge in [-0.15, -0.1) is 11.3 Å². The van der Waals surface area contributed by atoms with E-state index in [2.05, 4.69) is 374 Å². The fourth-order valence-corrected chi connectivity index (χ4v) is 15.1. The van der Waals surface area contributed by atoms with Crippen LogP contribution in [0, 0.1) is 0 Å². The topological polar surface area (TPSA) is 6.48 Å². The molecule has 0 spiro atoms. The van der Waals surface area contributed by atoms with Crippen molar-refractivity contribution >= 4 is 98.0 Å². The highest BCUT2D eigenvalue weighted by atomic mass is 32.1. The molecule has 16 aromatic carbocycles. The van der Waals surface area contributed by atoms with E-state index in [0.29, 0.717) is 0 Å². The lowest BCUT2D eigenvalue weighted by Gasteiger charge is -2.27. The van der Waals surface area contributed by atoms with Crippen molar-refractivity contribution in [2.75, 3.05) is 9.80 Å². The van der Waals surface area contributed by atoms with Gasteiger partial charge in [0.25, 0.3) is 0 Å². The zero-order chi connectivity index (χ0) is 61.6.